The highest BCUT2D eigenvalue weighted by atomic mass is 16.5. The number of amides is 2. The molecule has 0 saturated heterocycles. The Morgan fingerprint density at radius 2 is 1.65 bits per heavy atom. The van der Waals surface area contributed by atoms with Gasteiger partial charge < -0.3 is 25.4 Å². The molecule has 0 radical (unpaired) electrons. The minimum Gasteiger partial charge on any atom is -0.467 e. The summed E-state index contributed by atoms with van der Waals surface area (Å²) in [6, 6.07) is 7.95. The fraction of sp³-hybridized carbons (Fsp3) is 0.500. The molecular weight excluding hydrogens is 338 g/mol. The first-order chi connectivity index (χ1) is 12.4. The van der Waals surface area contributed by atoms with Crippen LogP contribution in [0.3, 0.4) is 0 Å². The Balaban J connectivity index is 2.68. The molecule has 3 N–H and O–H groups in total. The molecule has 8 nitrogen and oxygen atoms in total. The Kier molecular flexibility index (Phi) is 9.14. The van der Waals surface area contributed by atoms with Gasteiger partial charge in [-0.05, 0) is 11.5 Å². The van der Waals surface area contributed by atoms with E-state index in [0.717, 1.165) is 5.56 Å². The second-order valence-electron chi connectivity index (χ2n) is 6.06. The van der Waals surface area contributed by atoms with Crippen molar-refractivity contribution in [2.45, 2.75) is 32.5 Å². The summed E-state index contributed by atoms with van der Waals surface area (Å²) in [5.41, 5.74) is 1.05. The average Bonchev–Trinajstić information content (AvgIpc) is 2.64. The summed E-state index contributed by atoms with van der Waals surface area (Å²) in [5.74, 6) is -1.24. The number of methoxy groups -OCH3 is 2. The molecule has 0 aliphatic heterocycles. The normalized spacial score (nSPS) is 12.8. The molecule has 0 bridgehead atoms. The number of esters is 1. The highest BCUT2D eigenvalue weighted by Gasteiger charge is 2.29. The number of carbonyl (C=O) groups is 3. The summed E-state index contributed by atoms with van der Waals surface area (Å²) in [6.07, 6.45) is -0.712. The van der Waals surface area contributed by atoms with Crippen molar-refractivity contribution in [3.8, 4) is 0 Å². The molecule has 8 heteroatoms. The fourth-order valence-electron chi connectivity index (χ4n) is 2.27. The van der Waals surface area contributed by atoms with Crippen molar-refractivity contribution in [3.63, 3.8) is 0 Å². The lowest BCUT2D eigenvalue weighted by atomic mass is 10.0. The Bertz CT molecular complexity index is 592. The minimum absolute atomic E-state index is 0.190. The van der Waals surface area contributed by atoms with Crippen LogP contribution < -0.4 is 16.0 Å². The van der Waals surface area contributed by atoms with Gasteiger partial charge in [-0.3, -0.25) is 4.79 Å². The molecule has 0 fully saturated rings. The lowest BCUT2D eigenvalue weighted by Gasteiger charge is -2.24. The summed E-state index contributed by atoms with van der Waals surface area (Å²) in [4.78, 5) is 35.9. The van der Waals surface area contributed by atoms with Crippen LogP contribution in [0.25, 0.3) is 0 Å². The summed E-state index contributed by atoms with van der Waals surface area (Å²) in [5, 5.41) is 8.20. The molecule has 26 heavy (non-hydrogen) atoms. The molecule has 0 aliphatic carbocycles. The highest BCUT2D eigenvalue weighted by molar-refractivity contribution is 5.89. The van der Waals surface area contributed by atoms with Crippen molar-refractivity contribution in [1.82, 2.24) is 16.0 Å². The van der Waals surface area contributed by atoms with Gasteiger partial charge in [0.05, 0.1) is 14.2 Å². The second-order valence-corrected chi connectivity index (χ2v) is 6.06. The van der Waals surface area contributed by atoms with Gasteiger partial charge in [0.25, 0.3) is 0 Å². The maximum Gasteiger partial charge on any atom is 0.407 e. The van der Waals surface area contributed by atoms with Crippen molar-refractivity contribution in [2.24, 2.45) is 5.92 Å². The summed E-state index contributed by atoms with van der Waals surface area (Å²) < 4.78 is 9.29. The largest absolute Gasteiger partial charge is 0.467 e. The molecule has 2 atom stereocenters. The molecule has 0 aromatic heterocycles. The monoisotopic (exact) mass is 365 g/mol. The van der Waals surface area contributed by atoms with Crippen LogP contribution in [0.15, 0.2) is 30.3 Å². The van der Waals surface area contributed by atoms with Gasteiger partial charge >= 0.3 is 12.1 Å². The van der Waals surface area contributed by atoms with Crippen molar-refractivity contribution in [2.75, 3.05) is 20.8 Å². The van der Waals surface area contributed by atoms with Gasteiger partial charge in [0.2, 0.25) is 5.91 Å². The van der Waals surface area contributed by atoms with Crippen LogP contribution in [0.5, 0.6) is 0 Å². The maximum absolute atomic E-state index is 12.5. The van der Waals surface area contributed by atoms with Crippen LogP contribution in [-0.2, 0) is 25.6 Å². The van der Waals surface area contributed by atoms with Crippen LogP contribution in [-0.4, -0.2) is 50.8 Å². The smallest absolute Gasteiger partial charge is 0.407 e. The number of hydrogen-bond donors (Lipinski definition) is 3. The van der Waals surface area contributed by atoms with E-state index in [1.807, 2.05) is 30.3 Å². The summed E-state index contributed by atoms with van der Waals surface area (Å²) in [6.45, 7) is 4.29. The van der Waals surface area contributed by atoms with Gasteiger partial charge in [0, 0.05) is 13.1 Å². The lowest BCUT2D eigenvalue weighted by Crippen LogP contribution is -2.56. The van der Waals surface area contributed by atoms with Gasteiger partial charge in [0.15, 0.2) is 0 Å². The molecule has 1 aromatic carbocycles. The number of rotatable bonds is 9. The standard InChI is InChI=1S/C18H27N3O5/c1-12(2)15(21-18(24)26-4)16(22)20-14(17(23)25-3)11-19-10-13-8-6-5-7-9-13/h5-9,12,14-15,19H,10-11H2,1-4H3,(H,20,22)(H,21,24)/t14-,15-/m0/s1. The molecule has 0 spiro atoms. The van der Waals surface area contributed by atoms with Crippen LogP contribution in [0.2, 0.25) is 0 Å². The summed E-state index contributed by atoms with van der Waals surface area (Å²) >= 11 is 0. The quantitative estimate of drug-likeness (QED) is 0.560. The van der Waals surface area contributed by atoms with E-state index < -0.39 is 30.1 Å². The van der Waals surface area contributed by atoms with Gasteiger partial charge in [0.1, 0.15) is 12.1 Å². The Labute approximate surface area is 153 Å². The van der Waals surface area contributed by atoms with Gasteiger partial charge in [-0.1, -0.05) is 44.2 Å². The Morgan fingerprint density at radius 3 is 2.19 bits per heavy atom. The zero-order chi connectivity index (χ0) is 19.5. The number of nitrogens with one attached hydrogen (secondary N) is 3. The first-order valence-corrected chi connectivity index (χ1v) is 8.36. The highest BCUT2D eigenvalue weighted by Crippen LogP contribution is 2.04. The third-order valence-corrected chi connectivity index (χ3v) is 3.73. The molecule has 0 aliphatic rings. The van der Waals surface area contributed by atoms with E-state index in [2.05, 4.69) is 20.7 Å². The van der Waals surface area contributed by atoms with E-state index in [-0.39, 0.29) is 12.5 Å². The number of alkyl carbamates (subject to hydrolysis) is 1. The van der Waals surface area contributed by atoms with E-state index in [9.17, 15) is 14.4 Å². The van der Waals surface area contributed by atoms with E-state index in [1.54, 1.807) is 13.8 Å². The van der Waals surface area contributed by atoms with Crippen LogP contribution >= 0.6 is 0 Å². The van der Waals surface area contributed by atoms with Crippen LogP contribution in [0.4, 0.5) is 4.79 Å². The topological polar surface area (TPSA) is 106 Å². The average molecular weight is 365 g/mol. The zero-order valence-corrected chi connectivity index (χ0v) is 15.6. The minimum atomic E-state index is -0.878. The van der Waals surface area contributed by atoms with E-state index >= 15 is 0 Å². The second kappa shape index (κ2) is 11.1. The lowest BCUT2D eigenvalue weighted by molar-refractivity contribution is -0.145. The third kappa shape index (κ3) is 7.10. The van der Waals surface area contributed by atoms with E-state index in [4.69, 9.17) is 4.74 Å². The molecule has 1 aromatic rings. The molecule has 144 valence electrons. The first kappa shape index (κ1) is 21.4. The Hall–Kier alpha value is -2.61. The predicted octanol–water partition coefficient (Wildman–Crippen LogP) is 0.815. The van der Waals surface area contributed by atoms with Crippen molar-refractivity contribution >= 4 is 18.0 Å². The van der Waals surface area contributed by atoms with Crippen LogP contribution in [0, 0.1) is 5.92 Å². The fourth-order valence-corrected chi connectivity index (χ4v) is 2.27. The molecule has 0 unspecified atom stereocenters. The number of carbonyl (C=O) groups excluding carboxylic acids is 3. The molecule has 2 amide bonds. The molecule has 0 heterocycles. The third-order valence-electron chi connectivity index (χ3n) is 3.73. The summed E-state index contributed by atoms with van der Waals surface area (Å²) in [7, 11) is 2.47. The number of benzene rings is 1. The molecule has 1 rings (SSSR count). The van der Waals surface area contributed by atoms with Gasteiger partial charge in [-0.2, -0.15) is 0 Å². The zero-order valence-electron chi connectivity index (χ0n) is 15.6. The number of hydrogen-bond acceptors (Lipinski definition) is 6. The van der Waals surface area contributed by atoms with E-state index in [1.165, 1.54) is 14.2 Å². The predicted molar refractivity (Wildman–Crippen MR) is 96.3 cm³/mol. The SMILES string of the molecule is COC(=O)N[C@H](C(=O)N[C@@H](CNCc1ccccc1)C(=O)OC)C(C)C. The molecular formula is C18H27N3O5. The van der Waals surface area contributed by atoms with Crippen molar-refractivity contribution in [3.05, 3.63) is 35.9 Å². The van der Waals surface area contributed by atoms with Gasteiger partial charge in [-0.25, -0.2) is 9.59 Å². The van der Waals surface area contributed by atoms with E-state index in [0.29, 0.717) is 6.54 Å². The van der Waals surface area contributed by atoms with Crippen molar-refractivity contribution in [1.29, 1.82) is 0 Å². The van der Waals surface area contributed by atoms with Crippen LogP contribution in [0.1, 0.15) is 19.4 Å². The first-order valence-electron chi connectivity index (χ1n) is 8.36. The Morgan fingerprint density at radius 1 is 1.00 bits per heavy atom. The molecule has 0 saturated carbocycles. The maximum atomic E-state index is 12.5. The van der Waals surface area contributed by atoms with Crippen molar-refractivity contribution < 1.29 is 23.9 Å². The van der Waals surface area contributed by atoms with Gasteiger partial charge in [-0.15, -0.1) is 0 Å². The number of ether oxygens (including phenoxy) is 2.